The fourth-order valence-corrected chi connectivity index (χ4v) is 2.09. The van der Waals surface area contributed by atoms with Gasteiger partial charge in [0.25, 0.3) is 0 Å². The first-order valence-corrected chi connectivity index (χ1v) is 7.85. The van der Waals surface area contributed by atoms with Crippen molar-refractivity contribution in [2.45, 2.75) is 53.5 Å². The summed E-state index contributed by atoms with van der Waals surface area (Å²) in [5.74, 6) is -0.456. The van der Waals surface area contributed by atoms with Crippen LogP contribution >= 0.6 is 0 Å². The van der Waals surface area contributed by atoms with Gasteiger partial charge in [-0.25, -0.2) is 0 Å². The Hall–Kier alpha value is -1.97. The molecule has 0 spiro atoms. The van der Waals surface area contributed by atoms with Crippen molar-refractivity contribution in [3.63, 3.8) is 0 Å². The van der Waals surface area contributed by atoms with Crippen LogP contribution in [-0.2, 0) is 16.0 Å². The summed E-state index contributed by atoms with van der Waals surface area (Å²) in [6.07, 6.45) is 3.42. The van der Waals surface area contributed by atoms with Crippen LogP contribution < -0.4 is 0 Å². The minimum absolute atomic E-state index is 0.0481. The number of benzene rings is 1. The molecule has 0 aromatic heterocycles. The van der Waals surface area contributed by atoms with Gasteiger partial charge in [-0.2, -0.15) is 0 Å². The van der Waals surface area contributed by atoms with Crippen LogP contribution in [0.4, 0.5) is 0 Å². The van der Waals surface area contributed by atoms with E-state index in [9.17, 15) is 9.59 Å². The first-order valence-electron chi connectivity index (χ1n) is 7.85. The van der Waals surface area contributed by atoms with Crippen LogP contribution in [0.15, 0.2) is 35.3 Å². The van der Waals surface area contributed by atoms with Crippen molar-refractivity contribution in [3.05, 3.63) is 35.9 Å². The molecule has 4 heteroatoms. The summed E-state index contributed by atoms with van der Waals surface area (Å²) in [4.78, 5) is 28.5. The van der Waals surface area contributed by atoms with Crippen molar-refractivity contribution in [1.29, 1.82) is 0 Å². The molecule has 0 bridgehead atoms. The van der Waals surface area contributed by atoms with Gasteiger partial charge in [0, 0.05) is 13.8 Å². The number of rotatable bonds is 6. The molecule has 1 aromatic rings. The molecule has 0 heterocycles. The molecule has 0 aliphatic rings. The lowest BCUT2D eigenvalue weighted by Gasteiger charge is -2.21. The molecule has 2 amide bonds. The van der Waals surface area contributed by atoms with E-state index in [0.717, 1.165) is 12.8 Å². The Morgan fingerprint density at radius 3 is 2.14 bits per heavy atom. The van der Waals surface area contributed by atoms with Crippen LogP contribution in [0.2, 0.25) is 0 Å². The van der Waals surface area contributed by atoms with E-state index in [0.29, 0.717) is 6.54 Å². The molecule has 0 aliphatic heterocycles. The second-order valence-electron chi connectivity index (χ2n) is 4.73. The number of aliphatic imine (C=N–C) groups is 1. The number of amides is 2. The number of carbonyl (C=O) groups is 2. The standard InChI is InChI=1S/C16H22N2O2.C2H6/c1-4-17-16(12-18(13(2)19)14(3)20)11-10-15-8-6-5-7-9-15;1-2/h4-9,16H,10-12H2,1-3H3;1-2H3. The zero-order chi connectivity index (χ0) is 17.0. The van der Waals surface area contributed by atoms with Crippen molar-refractivity contribution < 1.29 is 9.59 Å². The third-order valence-electron chi connectivity index (χ3n) is 3.12. The summed E-state index contributed by atoms with van der Waals surface area (Å²) >= 11 is 0. The lowest BCUT2D eigenvalue weighted by Crippen LogP contribution is -2.39. The Kier molecular flexibility index (Phi) is 10.6. The Balaban J connectivity index is 0.00000211. The Morgan fingerprint density at radius 1 is 1.14 bits per heavy atom. The molecule has 0 aliphatic carbocycles. The van der Waals surface area contributed by atoms with Crippen LogP contribution in [0.3, 0.4) is 0 Å². The van der Waals surface area contributed by atoms with Gasteiger partial charge in [-0.15, -0.1) is 0 Å². The topological polar surface area (TPSA) is 49.7 Å². The van der Waals surface area contributed by atoms with Gasteiger partial charge >= 0.3 is 0 Å². The highest BCUT2D eigenvalue weighted by molar-refractivity contribution is 5.92. The van der Waals surface area contributed by atoms with Crippen LogP contribution in [0.5, 0.6) is 0 Å². The summed E-state index contributed by atoms with van der Waals surface area (Å²) in [7, 11) is 0. The molecule has 1 aromatic carbocycles. The first-order chi connectivity index (χ1) is 10.5. The normalized spacial score (nSPS) is 11.5. The number of carbonyl (C=O) groups excluding carboxylic acids is 2. The maximum absolute atomic E-state index is 11.5. The van der Waals surface area contributed by atoms with E-state index in [4.69, 9.17) is 0 Å². The van der Waals surface area contributed by atoms with Gasteiger partial charge in [0.05, 0.1) is 12.6 Å². The first kappa shape index (κ1) is 20.0. The number of hydrogen-bond donors (Lipinski definition) is 0. The molecule has 1 unspecified atom stereocenters. The van der Waals surface area contributed by atoms with Gasteiger partial charge in [0.2, 0.25) is 11.8 Å². The fourth-order valence-electron chi connectivity index (χ4n) is 2.09. The summed E-state index contributed by atoms with van der Waals surface area (Å²) in [5.41, 5.74) is 1.24. The van der Waals surface area contributed by atoms with Crippen LogP contribution in [0.25, 0.3) is 0 Å². The fraction of sp³-hybridized carbons (Fsp3) is 0.500. The summed E-state index contributed by atoms with van der Waals surface area (Å²) in [5, 5.41) is 0. The minimum Gasteiger partial charge on any atom is -0.293 e. The van der Waals surface area contributed by atoms with Crippen molar-refractivity contribution in [2.75, 3.05) is 6.54 Å². The van der Waals surface area contributed by atoms with Crippen LogP contribution in [0, 0.1) is 0 Å². The van der Waals surface area contributed by atoms with Crippen molar-refractivity contribution >= 4 is 18.0 Å². The molecular formula is C18H28N2O2. The second kappa shape index (κ2) is 11.7. The highest BCUT2D eigenvalue weighted by Crippen LogP contribution is 2.09. The Bertz CT molecular complexity index is 455. The average Bonchev–Trinajstić information content (AvgIpc) is 2.52. The third kappa shape index (κ3) is 7.72. The van der Waals surface area contributed by atoms with Gasteiger partial charge in [0.15, 0.2) is 0 Å². The smallest absolute Gasteiger partial charge is 0.226 e. The SMILES string of the molecule is CC.CC=NC(CCc1ccccc1)CN(C(C)=O)C(C)=O. The summed E-state index contributed by atoms with van der Waals surface area (Å²) < 4.78 is 0. The van der Waals surface area contributed by atoms with E-state index in [1.165, 1.54) is 24.3 Å². The van der Waals surface area contributed by atoms with Gasteiger partial charge in [-0.05, 0) is 31.5 Å². The van der Waals surface area contributed by atoms with Crippen LogP contribution in [-0.4, -0.2) is 35.5 Å². The lowest BCUT2D eigenvalue weighted by molar-refractivity contribution is -0.142. The molecule has 1 atom stereocenters. The molecule has 0 saturated heterocycles. The predicted octanol–water partition coefficient (Wildman–Crippen LogP) is 3.50. The molecule has 0 fully saturated rings. The summed E-state index contributed by atoms with van der Waals surface area (Å²) in [6.45, 7) is 9.01. The largest absolute Gasteiger partial charge is 0.293 e. The van der Waals surface area contributed by atoms with Crippen LogP contribution in [0.1, 0.15) is 46.6 Å². The minimum atomic E-state index is -0.228. The van der Waals surface area contributed by atoms with E-state index in [1.807, 2.05) is 39.0 Å². The number of hydrogen-bond acceptors (Lipinski definition) is 3. The molecular weight excluding hydrogens is 276 g/mol. The van der Waals surface area contributed by atoms with Gasteiger partial charge in [-0.3, -0.25) is 19.5 Å². The highest BCUT2D eigenvalue weighted by atomic mass is 16.2. The highest BCUT2D eigenvalue weighted by Gasteiger charge is 2.18. The molecule has 1 rings (SSSR count). The average molecular weight is 304 g/mol. The monoisotopic (exact) mass is 304 g/mol. The Morgan fingerprint density at radius 2 is 1.68 bits per heavy atom. The number of nitrogens with zero attached hydrogens (tertiary/aromatic N) is 2. The zero-order valence-corrected chi connectivity index (χ0v) is 14.4. The quantitative estimate of drug-likeness (QED) is 0.755. The maximum Gasteiger partial charge on any atom is 0.226 e. The number of aryl methyl sites for hydroxylation is 1. The molecule has 0 saturated carbocycles. The molecule has 4 nitrogen and oxygen atoms in total. The van der Waals surface area contributed by atoms with E-state index in [1.54, 1.807) is 6.21 Å². The van der Waals surface area contributed by atoms with E-state index in [-0.39, 0.29) is 17.9 Å². The lowest BCUT2D eigenvalue weighted by atomic mass is 10.1. The Labute approximate surface area is 134 Å². The van der Waals surface area contributed by atoms with E-state index in [2.05, 4.69) is 17.1 Å². The maximum atomic E-state index is 11.5. The summed E-state index contributed by atoms with van der Waals surface area (Å²) in [6, 6.07) is 10.1. The van der Waals surface area contributed by atoms with Crippen molar-refractivity contribution in [3.8, 4) is 0 Å². The molecule has 0 radical (unpaired) electrons. The van der Waals surface area contributed by atoms with Gasteiger partial charge in [0.1, 0.15) is 0 Å². The van der Waals surface area contributed by atoms with Gasteiger partial charge in [-0.1, -0.05) is 44.2 Å². The van der Waals surface area contributed by atoms with Gasteiger partial charge < -0.3 is 0 Å². The molecule has 22 heavy (non-hydrogen) atoms. The third-order valence-corrected chi connectivity index (χ3v) is 3.12. The van der Waals surface area contributed by atoms with Crippen molar-refractivity contribution in [1.82, 2.24) is 4.90 Å². The number of imide groups is 1. The molecule has 0 N–H and O–H groups in total. The zero-order valence-electron chi connectivity index (χ0n) is 14.4. The predicted molar refractivity (Wildman–Crippen MR) is 92.1 cm³/mol. The van der Waals surface area contributed by atoms with E-state index >= 15 is 0 Å². The second-order valence-corrected chi connectivity index (χ2v) is 4.73. The van der Waals surface area contributed by atoms with Crippen molar-refractivity contribution in [2.24, 2.45) is 4.99 Å². The molecule has 122 valence electrons. The van der Waals surface area contributed by atoms with E-state index < -0.39 is 0 Å².